The van der Waals surface area contributed by atoms with Gasteiger partial charge in [0.05, 0.1) is 18.8 Å². The molecule has 3 atom stereocenters. The fourth-order valence-electron chi connectivity index (χ4n) is 5.49. The molecule has 2 aliphatic heterocycles. The smallest absolute Gasteiger partial charge is 0.315 e. The van der Waals surface area contributed by atoms with Crippen LogP contribution in [0.2, 0.25) is 0 Å². The first-order valence-corrected chi connectivity index (χ1v) is 14.7. The van der Waals surface area contributed by atoms with E-state index < -0.39 is 6.29 Å². The first-order valence-electron chi connectivity index (χ1n) is 14.7. The van der Waals surface area contributed by atoms with Crippen LogP contribution in [0.25, 0.3) is 0 Å². The van der Waals surface area contributed by atoms with Crippen molar-refractivity contribution in [2.75, 3.05) is 39.3 Å². The number of amides is 2. The standard InChI is InChI=1S/C33H42N4O4/c1-2-34-33(39)35-21-25-8-14-29(15-9-25)32-40-30(20-31(41-32)28-12-10-27(24-38)11-13-28)23-37-18-16-36(17-19-37)22-26-6-4-3-5-7-26/h3-15,30-32,38H,2,16-24H2,1H3,(H2,34,35,39)/t30-,31+,32+/m1/s1. The van der Waals surface area contributed by atoms with Crippen molar-refractivity contribution >= 4 is 6.03 Å². The van der Waals surface area contributed by atoms with Crippen molar-refractivity contribution in [2.24, 2.45) is 0 Å². The Morgan fingerprint density at radius 2 is 1.46 bits per heavy atom. The van der Waals surface area contributed by atoms with E-state index in [0.29, 0.717) is 13.1 Å². The third kappa shape index (κ3) is 8.38. The Balaban J connectivity index is 1.22. The lowest BCUT2D eigenvalue weighted by Gasteiger charge is -2.40. The van der Waals surface area contributed by atoms with Crippen LogP contribution in [-0.2, 0) is 29.2 Å². The molecule has 2 heterocycles. The minimum absolute atomic E-state index is 0.0241. The van der Waals surface area contributed by atoms with Gasteiger partial charge in [-0.15, -0.1) is 0 Å². The van der Waals surface area contributed by atoms with Gasteiger partial charge in [0.15, 0.2) is 6.29 Å². The maximum Gasteiger partial charge on any atom is 0.315 e. The number of benzene rings is 3. The van der Waals surface area contributed by atoms with Crippen LogP contribution in [0.5, 0.6) is 0 Å². The summed E-state index contributed by atoms with van der Waals surface area (Å²) in [4.78, 5) is 16.8. The van der Waals surface area contributed by atoms with E-state index >= 15 is 0 Å². The summed E-state index contributed by atoms with van der Waals surface area (Å²) in [6.45, 7) is 8.93. The molecule has 218 valence electrons. The predicted octanol–water partition coefficient (Wildman–Crippen LogP) is 4.36. The summed E-state index contributed by atoms with van der Waals surface area (Å²) in [6.07, 6.45) is 0.204. The molecule has 2 fully saturated rings. The molecule has 8 nitrogen and oxygen atoms in total. The first kappa shape index (κ1) is 29.2. The van der Waals surface area contributed by atoms with Crippen molar-refractivity contribution in [3.05, 3.63) is 107 Å². The highest BCUT2D eigenvalue weighted by atomic mass is 16.7. The third-order valence-corrected chi connectivity index (χ3v) is 7.83. The number of aliphatic hydroxyl groups excluding tert-OH is 1. The zero-order valence-electron chi connectivity index (χ0n) is 23.9. The lowest BCUT2D eigenvalue weighted by molar-refractivity contribution is -0.253. The van der Waals surface area contributed by atoms with Gasteiger partial charge in [-0.25, -0.2) is 4.79 Å². The number of hydrogen-bond acceptors (Lipinski definition) is 6. The van der Waals surface area contributed by atoms with Crippen molar-refractivity contribution in [2.45, 2.75) is 51.5 Å². The topological polar surface area (TPSA) is 86.3 Å². The van der Waals surface area contributed by atoms with Gasteiger partial charge in [-0.3, -0.25) is 9.80 Å². The first-order chi connectivity index (χ1) is 20.1. The number of urea groups is 1. The largest absolute Gasteiger partial charge is 0.392 e. The minimum Gasteiger partial charge on any atom is -0.392 e. The number of aliphatic hydroxyl groups is 1. The van der Waals surface area contributed by atoms with Crippen LogP contribution >= 0.6 is 0 Å². The van der Waals surface area contributed by atoms with Gasteiger partial charge in [0.25, 0.3) is 0 Å². The van der Waals surface area contributed by atoms with Gasteiger partial charge >= 0.3 is 6.03 Å². The number of carbonyl (C=O) groups excluding carboxylic acids is 1. The molecule has 2 saturated heterocycles. The minimum atomic E-state index is -0.485. The van der Waals surface area contributed by atoms with E-state index in [0.717, 1.165) is 67.9 Å². The molecule has 3 aromatic rings. The summed E-state index contributed by atoms with van der Waals surface area (Å²) in [5, 5.41) is 15.1. The molecule has 0 bridgehead atoms. The average molecular weight is 559 g/mol. The summed E-state index contributed by atoms with van der Waals surface area (Å²) < 4.78 is 13.1. The fourth-order valence-corrected chi connectivity index (χ4v) is 5.49. The predicted molar refractivity (Wildman–Crippen MR) is 159 cm³/mol. The third-order valence-electron chi connectivity index (χ3n) is 7.83. The molecule has 2 aliphatic rings. The van der Waals surface area contributed by atoms with E-state index in [1.54, 1.807) is 0 Å². The molecule has 0 radical (unpaired) electrons. The van der Waals surface area contributed by atoms with Crippen molar-refractivity contribution < 1.29 is 19.4 Å². The van der Waals surface area contributed by atoms with E-state index in [4.69, 9.17) is 9.47 Å². The van der Waals surface area contributed by atoms with Gasteiger partial charge < -0.3 is 25.2 Å². The van der Waals surface area contributed by atoms with Crippen molar-refractivity contribution in [3.8, 4) is 0 Å². The van der Waals surface area contributed by atoms with Gasteiger partial charge in [0.2, 0.25) is 0 Å². The van der Waals surface area contributed by atoms with Crippen molar-refractivity contribution in [1.29, 1.82) is 0 Å². The Morgan fingerprint density at radius 3 is 2.15 bits per heavy atom. The van der Waals surface area contributed by atoms with E-state index in [-0.39, 0.29) is 24.8 Å². The summed E-state index contributed by atoms with van der Waals surface area (Å²) in [6, 6.07) is 26.6. The molecule has 0 aromatic heterocycles. The van der Waals surface area contributed by atoms with Crippen LogP contribution in [0.15, 0.2) is 78.9 Å². The maximum atomic E-state index is 11.8. The number of rotatable bonds is 10. The van der Waals surface area contributed by atoms with Gasteiger partial charge in [-0.05, 0) is 29.2 Å². The Hall–Kier alpha value is -3.27. The van der Waals surface area contributed by atoms with Crippen LogP contribution in [-0.4, -0.2) is 66.3 Å². The molecule has 0 aliphatic carbocycles. The highest BCUT2D eigenvalue weighted by molar-refractivity contribution is 5.73. The average Bonchev–Trinajstić information content (AvgIpc) is 3.02. The Labute approximate surface area is 243 Å². The molecule has 8 heteroatoms. The second-order valence-electron chi connectivity index (χ2n) is 10.9. The Bertz CT molecular complexity index is 1210. The Kier molecular flexibility index (Phi) is 10.4. The molecular formula is C33H42N4O4. The summed E-state index contributed by atoms with van der Waals surface area (Å²) in [5.74, 6) is 0. The number of nitrogens with one attached hydrogen (secondary N) is 2. The van der Waals surface area contributed by atoms with Crippen LogP contribution in [0.3, 0.4) is 0 Å². The molecule has 5 rings (SSSR count). The summed E-state index contributed by atoms with van der Waals surface area (Å²) >= 11 is 0. The molecule has 0 saturated carbocycles. The highest BCUT2D eigenvalue weighted by Crippen LogP contribution is 2.38. The quantitative estimate of drug-likeness (QED) is 0.343. The molecule has 2 amide bonds. The number of hydrogen-bond donors (Lipinski definition) is 3. The van der Waals surface area contributed by atoms with Gasteiger partial charge in [0, 0.05) is 64.3 Å². The summed E-state index contributed by atoms with van der Waals surface area (Å²) in [7, 11) is 0. The molecule has 3 N–H and O–H groups in total. The molecule has 41 heavy (non-hydrogen) atoms. The van der Waals surface area contributed by atoms with Crippen LogP contribution in [0, 0.1) is 0 Å². The van der Waals surface area contributed by atoms with Gasteiger partial charge in [-0.1, -0.05) is 78.9 Å². The second-order valence-corrected chi connectivity index (χ2v) is 10.9. The normalized spacial score (nSPS) is 21.9. The number of carbonyl (C=O) groups is 1. The van der Waals surface area contributed by atoms with E-state index in [1.807, 2.05) is 55.5 Å². The van der Waals surface area contributed by atoms with E-state index in [2.05, 4.69) is 50.8 Å². The SMILES string of the molecule is CCNC(=O)NCc1ccc([C@H]2O[C@@H](CN3CCN(Cc4ccccc4)CC3)C[C@@H](c3ccc(CO)cc3)O2)cc1. The van der Waals surface area contributed by atoms with Crippen molar-refractivity contribution in [1.82, 2.24) is 20.4 Å². The number of ether oxygens (including phenoxy) is 2. The van der Waals surface area contributed by atoms with E-state index in [1.165, 1.54) is 5.56 Å². The van der Waals surface area contributed by atoms with Crippen LogP contribution in [0.1, 0.15) is 53.6 Å². The molecule has 0 unspecified atom stereocenters. The van der Waals surface area contributed by atoms with E-state index in [9.17, 15) is 9.90 Å². The van der Waals surface area contributed by atoms with Gasteiger partial charge in [-0.2, -0.15) is 0 Å². The van der Waals surface area contributed by atoms with Gasteiger partial charge in [0.1, 0.15) is 0 Å². The molecule has 3 aromatic carbocycles. The van der Waals surface area contributed by atoms with Crippen LogP contribution in [0.4, 0.5) is 4.79 Å². The monoisotopic (exact) mass is 558 g/mol. The molecule has 0 spiro atoms. The second kappa shape index (κ2) is 14.6. The Morgan fingerprint density at radius 1 is 0.805 bits per heavy atom. The molecular weight excluding hydrogens is 516 g/mol. The fraction of sp³-hybridized carbons (Fsp3) is 0.424. The van der Waals surface area contributed by atoms with Crippen molar-refractivity contribution in [3.63, 3.8) is 0 Å². The maximum absolute atomic E-state index is 11.8. The lowest BCUT2D eigenvalue weighted by Crippen LogP contribution is -2.49. The lowest BCUT2D eigenvalue weighted by atomic mass is 9.99. The summed E-state index contributed by atoms with van der Waals surface area (Å²) in [5.41, 5.74) is 5.31. The zero-order valence-corrected chi connectivity index (χ0v) is 23.9. The zero-order chi connectivity index (χ0) is 28.4. The highest BCUT2D eigenvalue weighted by Gasteiger charge is 2.33. The number of nitrogens with zero attached hydrogens (tertiary/aromatic N) is 2. The number of piperazine rings is 1. The van der Waals surface area contributed by atoms with Crippen LogP contribution < -0.4 is 10.6 Å².